The van der Waals surface area contributed by atoms with E-state index >= 15 is 0 Å². The molecule has 5 aromatic rings. The SMILES string of the molecule is Cc1nc2ccccn2c1C(=O)NN=Cc1cn(-c2ccccc2)nc1-c1ccc([N+](=O)[O-])cc1. The van der Waals surface area contributed by atoms with Crippen molar-refractivity contribution in [1.29, 1.82) is 0 Å². The van der Waals surface area contributed by atoms with Crippen LogP contribution < -0.4 is 5.43 Å². The number of aryl methyl sites for hydroxylation is 1. The third-order valence-corrected chi connectivity index (χ3v) is 5.40. The van der Waals surface area contributed by atoms with Crippen LogP contribution in [0.4, 0.5) is 5.69 Å². The van der Waals surface area contributed by atoms with Gasteiger partial charge in [0.05, 0.1) is 22.5 Å². The Bertz CT molecular complexity index is 1570. The maximum Gasteiger partial charge on any atom is 0.290 e. The van der Waals surface area contributed by atoms with E-state index in [-0.39, 0.29) is 5.69 Å². The third-order valence-electron chi connectivity index (χ3n) is 5.40. The molecule has 2 aromatic carbocycles. The van der Waals surface area contributed by atoms with Gasteiger partial charge in [-0.3, -0.25) is 19.3 Å². The zero-order valence-corrected chi connectivity index (χ0v) is 18.6. The van der Waals surface area contributed by atoms with E-state index in [1.807, 2.05) is 48.5 Å². The normalized spacial score (nSPS) is 11.2. The molecule has 0 bridgehead atoms. The molecule has 0 fully saturated rings. The van der Waals surface area contributed by atoms with Gasteiger partial charge in [-0.15, -0.1) is 0 Å². The van der Waals surface area contributed by atoms with Gasteiger partial charge in [-0.1, -0.05) is 24.3 Å². The first kappa shape index (κ1) is 21.7. The number of aromatic nitrogens is 4. The number of para-hydroxylation sites is 1. The molecule has 5 rings (SSSR count). The lowest BCUT2D eigenvalue weighted by atomic mass is 10.1. The minimum atomic E-state index is -0.452. The molecule has 0 spiro atoms. The summed E-state index contributed by atoms with van der Waals surface area (Å²) in [6, 6.07) is 21.1. The lowest BCUT2D eigenvalue weighted by Gasteiger charge is -2.02. The molecule has 3 aromatic heterocycles. The average molecular weight is 465 g/mol. The van der Waals surface area contributed by atoms with Gasteiger partial charge in [0.15, 0.2) is 0 Å². The minimum Gasteiger partial charge on any atom is -0.295 e. The second kappa shape index (κ2) is 9.02. The van der Waals surface area contributed by atoms with E-state index in [0.29, 0.717) is 33.9 Å². The Morgan fingerprint density at radius 2 is 1.80 bits per heavy atom. The molecular weight excluding hydrogens is 446 g/mol. The molecule has 0 aliphatic carbocycles. The van der Waals surface area contributed by atoms with Crippen LogP contribution in [-0.2, 0) is 0 Å². The summed E-state index contributed by atoms with van der Waals surface area (Å²) in [6.45, 7) is 1.77. The van der Waals surface area contributed by atoms with Crippen molar-refractivity contribution in [2.75, 3.05) is 0 Å². The predicted octanol–water partition coefficient (Wildman–Crippen LogP) is 4.17. The molecule has 0 atom stereocenters. The monoisotopic (exact) mass is 465 g/mol. The summed E-state index contributed by atoms with van der Waals surface area (Å²) in [4.78, 5) is 27.8. The van der Waals surface area contributed by atoms with Crippen molar-refractivity contribution >= 4 is 23.5 Å². The summed E-state index contributed by atoms with van der Waals surface area (Å²) in [5.41, 5.74) is 6.90. The standard InChI is InChI=1S/C25H19N7O3/c1-17-24(30-14-6-5-9-22(30)27-17)25(33)28-26-15-19-16-31(20-7-3-2-4-8-20)29-23(19)18-10-12-21(13-11-18)32(34)35/h2-16H,1H3,(H,28,33). The molecule has 1 amide bonds. The van der Waals surface area contributed by atoms with Gasteiger partial charge in [0.25, 0.3) is 11.6 Å². The lowest BCUT2D eigenvalue weighted by molar-refractivity contribution is -0.384. The number of benzene rings is 2. The van der Waals surface area contributed by atoms with E-state index in [9.17, 15) is 14.9 Å². The number of nitro benzene ring substituents is 1. The van der Waals surface area contributed by atoms with Gasteiger partial charge < -0.3 is 0 Å². The Morgan fingerprint density at radius 3 is 2.54 bits per heavy atom. The molecule has 0 saturated heterocycles. The molecule has 1 N–H and O–H groups in total. The Balaban J connectivity index is 1.47. The van der Waals surface area contributed by atoms with Gasteiger partial charge >= 0.3 is 0 Å². The number of hydrazone groups is 1. The number of hydrogen-bond acceptors (Lipinski definition) is 6. The van der Waals surface area contributed by atoms with Crippen LogP contribution in [0.15, 0.2) is 90.3 Å². The van der Waals surface area contributed by atoms with Crippen molar-refractivity contribution in [2.24, 2.45) is 5.10 Å². The molecule has 35 heavy (non-hydrogen) atoms. The van der Waals surface area contributed by atoms with Crippen LogP contribution in [0, 0.1) is 17.0 Å². The van der Waals surface area contributed by atoms with Crippen molar-refractivity contribution in [3.63, 3.8) is 0 Å². The Hall–Kier alpha value is -5.12. The smallest absolute Gasteiger partial charge is 0.290 e. The van der Waals surface area contributed by atoms with Crippen LogP contribution >= 0.6 is 0 Å². The molecule has 0 saturated carbocycles. The molecule has 10 nitrogen and oxygen atoms in total. The van der Waals surface area contributed by atoms with E-state index < -0.39 is 10.8 Å². The fraction of sp³-hybridized carbons (Fsp3) is 0.0400. The largest absolute Gasteiger partial charge is 0.295 e. The zero-order chi connectivity index (χ0) is 24.4. The molecular formula is C25H19N7O3. The topological polar surface area (TPSA) is 120 Å². The number of fused-ring (bicyclic) bond motifs is 1. The number of imidazole rings is 1. The van der Waals surface area contributed by atoms with Gasteiger partial charge in [0.1, 0.15) is 17.0 Å². The number of non-ortho nitro benzene ring substituents is 1. The molecule has 0 radical (unpaired) electrons. The highest BCUT2D eigenvalue weighted by atomic mass is 16.6. The summed E-state index contributed by atoms with van der Waals surface area (Å²) < 4.78 is 3.39. The van der Waals surface area contributed by atoms with Gasteiger partial charge in [0, 0.05) is 35.7 Å². The Morgan fingerprint density at radius 1 is 1.06 bits per heavy atom. The van der Waals surface area contributed by atoms with E-state index in [2.05, 4.69) is 20.6 Å². The van der Waals surface area contributed by atoms with E-state index in [1.54, 1.807) is 40.5 Å². The summed E-state index contributed by atoms with van der Waals surface area (Å²) in [6.07, 6.45) is 5.05. The fourth-order valence-corrected chi connectivity index (χ4v) is 3.76. The summed E-state index contributed by atoms with van der Waals surface area (Å²) >= 11 is 0. The second-order valence-corrected chi connectivity index (χ2v) is 7.69. The van der Waals surface area contributed by atoms with Crippen molar-refractivity contribution < 1.29 is 9.72 Å². The number of nitrogens with one attached hydrogen (secondary N) is 1. The average Bonchev–Trinajstić information content (AvgIpc) is 3.45. The van der Waals surface area contributed by atoms with Crippen molar-refractivity contribution in [2.45, 2.75) is 6.92 Å². The predicted molar refractivity (Wildman–Crippen MR) is 131 cm³/mol. The number of rotatable bonds is 6. The molecule has 172 valence electrons. The molecule has 3 heterocycles. The number of pyridine rings is 1. The number of amides is 1. The van der Waals surface area contributed by atoms with Gasteiger partial charge in [-0.05, 0) is 43.3 Å². The number of carbonyl (C=O) groups excluding carboxylic acids is 1. The van der Waals surface area contributed by atoms with Crippen LogP contribution in [0.5, 0.6) is 0 Å². The molecule has 0 aliphatic heterocycles. The second-order valence-electron chi connectivity index (χ2n) is 7.69. The number of nitro groups is 1. The van der Waals surface area contributed by atoms with Crippen molar-refractivity contribution in [1.82, 2.24) is 24.6 Å². The Labute approximate surface area is 199 Å². The summed E-state index contributed by atoms with van der Waals surface area (Å²) in [5.74, 6) is -0.398. The summed E-state index contributed by atoms with van der Waals surface area (Å²) in [7, 11) is 0. The molecule has 10 heteroatoms. The van der Waals surface area contributed by atoms with Crippen LogP contribution in [0.1, 0.15) is 21.7 Å². The minimum absolute atomic E-state index is 0.0119. The van der Waals surface area contributed by atoms with Gasteiger partial charge in [0.2, 0.25) is 0 Å². The highest BCUT2D eigenvalue weighted by molar-refractivity contribution is 5.96. The fourth-order valence-electron chi connectivity index (χ4n) is 3.76. The van der Waals surface area contributed by atoms with Gasteiger partial charge in [-0.25, -0.2) is 15.1 Å². The highest BCUT2D eigenvalue weighted by Gasteiger charge is 2.16. The quantitative estimate of drug-likeness (QED) is 0.229. The van der Waals surface area contributed by atoms with Crippen LogP contribution in [-0.4, -0.2) is 36.2 Å². The summed E-state index contributed by atoms with van der Waals surface area (Å²) in [5, 5.41) is 19.8. The maximum absolute atomic E-state index is 12.8. The van der Waals surface area contributed by atoms with E-state index in [0.717, 1.165) is 5.69 Å². The Kier molecular flexibility index (Phi) is 5.60. The van der Waals surface area contributed by atoms with E-state index in [4.69, 9.17) is 0 Å². The molecule has 0 unspecified atom stereocenters. The molecule has 0 aliphatic rings. The lowest BCUT2D eigenvalue weighted by Crippen LogP contribution is -2.20. The first-order chi connectivity index (χ1) is 17.0. The van der Waals surface area contributed by atoms with Crippen molar-refractivity contribution in [3.8, 4) is 16.9 Å². The zero-order valence-electron chi connectivity index (χ0n) is 18.6. The van der Waals surface area contributed by atoms with Crippen LogP contribution in [0.3, 0.4) is 0 Å². The first-order valence-corrected chi connectivity index (χ1v) is 10.7. The highest BCUT2D eigenvalue weighted by Crippen LogP contribution is 2.25. The third kappa shape index (κ3) is 4.27. The number of carbonyl (C=O) groups is 1. The maximum atomic E-state index is 12.8. The number of hydrogen-bond donors (Lipinski definition) is 1. The van der Waals surface area contributed by atoms with Gasteiger partial charge in [-0.2, -0.15) is 10.2 Å². The van der Waals surface area contributed by atoms with E-state index in [1.165, 1.54) is 18.3 Å². The number of nitrogens with zero attached hydrogens (tertiary/aromatic N) is 6. The first-order valence-electron chi connectivity index (χ1n) is 10.7. The van der Waals surface area contributed by atoms with Crippen LogP contribution in [0.2, 0.25) is 0 Å². The van der Waals surface area contributed by atoms with Crippen molar-refractivity contribution in [3.05, 3.63) is 112 Å². The van der Waals surface area contributed by atoms with Crippen LogP contribution in [0.25, 0.3) is 22.6 Å².